The van der Waals surface area contributed by atoms with E-state index in [0.29, 0.717) is 19.4 Å². The third kappa shape index (κ3) is 4.97. The molecule has 2 atom stereocenters. The standard InChI is InChI=1S/C22H28FNO4S/c1-24-15-17(16-9-11-18(23)12-10-16)14-22(28-29(3,25)26)13-5-6-19-20(22)7-4-8-21(19)27-2/h4,7-12,17,24H,5-6,13-15H2,1-3H3. The van der Waals surface area contributed by atoms with Gasteiger partial charge in [0, 0.05) is 12.1 Å². The van der Waals surface area contributed by atoms with E-state index in [1.165, 1.54) is 12.1 Å². The predicted molar refractivity (Wildman–Crippen MR) is 111 cm³/mol. The number of nitrogens with one attached hydrogen (secondary N) is 1. The molecule has 0 radical (unpaired) electrons. The molecule has 5 nitrogen and oxygen atoms in total. The minimum absolute atomic E-state index is 0.0560. The molecule has 1 aliphatic carbocycles. The summed E-state index contributed by atoms with van der Waals surface area (Å²) < 4.78 is 49.3. The molecule has 2 aromatic carbocycles. The molecule has 1 aliphatic rings. The van der Waals surface area contributed by atoms with Crippen LogP contribution in [0.5, 0.6) is 5.75 Å². The van der Waals surface area contributed by atoms with E-state index in [0.717, 1.165) is 41.5 Å². The molecule has 0 aliphatic heterocycles. The smallest absolute Gasteiger partial charge is 0.265 e. The van der Waals surface area contributed by atoms with E-state index in [1.54, 1.807) is 19.2 Å². The second kappa shape index (κ2) is 8.81. The Kier molecular flexibility index (Phi) is 6.61. The van der Waals surface area contributed by atoms with Crippen LogP contribution in [0, 0.1) is 5.82 Å². The zero-order valence-electron chi connectivity index (χ0n) is 17.1. The summed E-state index contributed by atoms with van der Waals surface area (Å²) in [6.07, 6.45) is 3.72. The average Bonchev–Trinajstić information content (AvgIpc) is 2.67. The normalized spacial score (nSPS) is 20.1. The van der Waals surface area contributed by atoms with Crippen molar-refractivity contribution in [1.29, 1.82) is 0 Å². The van der Waals surface area contributed by atoms with Crippen molar-refractivity contribution in [3.8, 4) is 5.75 Å². The number of hydrogen-bond acceptors (Lipinski definition) is 5. The zero-order valence-corrected chi connectivity index (χ0v) is 17.9. The summed E-state index contributed by atoms with van der Waals surface area (Å²) in [4.78, 5) is 0. The predicted octanol–water partition coefficient (Wildman–Crippen LogP) is 3.74. The molecule has 0 saturated carbocycles. The number of methoxy groups -OCH3 is 1. The Morgan fingerprint density at radius 3 is 2.55 bits per heavy atom. The Morgan fingerprint density at radius 1 is 1.21 bits per heavy atom. The molecule has 29 heavy (non-hydrogen) atoms. The first-order valence-corrected chi connectivity index (χ1v) is 11.6. The molecule has 0 heterocycles. The molecule has 1 N–H and O–H groups in total. The molecule has 0 bridgehead atoms. The second-order valence-corrected chi connectivity index (χ2v) is 9.21. The van der Waals surface area contributed by atoms with Crippen molar-refractivity contribution in [2.45, 2.75) is 37.2 Å². The zero-order chi connectivity index (χ0) is 21.1. The van der Waals surface area contributed by atoms with Crippen LogP contribution in [0.1, 0.15) is 41.9 Å². The van der Waals surface area contributed by atoms with Crippen molar-refractivity contribution in [1.82, 2.24) is 5.32 Å². The number of rotatable bonds is 8. The SMILES string of the molecule is CNCC(CC1(OS(C)(=O)=O)CCCc2c(OC)cccc21)c1ccc(F)cc1. The van der Waals surface area contributed by atoms with Gasteiger partial charge in [0.1, 0.15) is 17.2 Å². The van der Waals surface area contributed by atoms with Gasteiger partial charge in [-0.1, -0.05) is 24.3 Å². The van der Waals surface area contributed by atoms with E-state index in [2.05, 4.69) is 5.32 Å². The number of fused-ring (bicyclic) bond motifs is 1. The molecular weight excluding hydrogens is 393 g/mol. The van der Waals surface area contributed by atoms with Gasteiger partial charge in [-0.05, 0) is 68.0 Å². The van der Waals surface area contributed by atoms with Crippen LogP contribution in [0.15, 0.2) is 42.5 Å². The van der Waals surface area contributed by atoms with Gasteiger partial charge in [0.15, 0.2) is 0 Å². The molecule has 0 saturated heterocycles. The molecule has 0 aromatic heterocycles. The molecule has 158 valence electrons. The molecule has 3 rings (SSSR count). The van der Waals surface area contributed by atoms with Gasteiger partial charge in [-0.25, -0.2) is 4.39 Å². The minimum Gasteiger partial charge on any atom is -0.496 e. The Balaban J connectivity index is 2.10. The van der Waals surface area contributed by atoms with Gasteiger partial charge in [-0.3, -0.25) is 4.18 Å². The van der Waals surface area contributed by atoms with E-state index in [1.807, 2.05) is 25.2 Å². The largest absolute Gasteiger partial charge is 0.496 e. The maximum Gasteiger partial charge on any atom is 0.265 e. The van der Waals surface area contributed by atoms with Gasteiger partial charge in [0.05, 0.1) is 13.4 Å². The highest BCUT2D eigenvalue weighted by molar-refractivity contribution is 7.86. The first kappa shape index (κ1) is 21.7. The fourth-order valence-corrected chi connectivity index (χ4v) is 5.26. The number of halogens is 1. The lowest BCUT2D eigenvalue weighted by Gasteiger charge is -2.40. The minimum atomic E-state index is -3.72. The van der Waals surface area contributed by atoms with Crippen LogP contribution in [-0.4, -0.2) is 35.4 Å². The van der Waals surface area contributed by atoms with Crippen molar-refractivity contribution < 1.29 is 21.7 Å². The average molecular weight is 422 g/mol. The summed E-state index contributed by atoms with van der Waals surface area (Å²) in [6, 6.07) is 12.1. The summed E-state index contributed by atoms with van der Waals surface area (Å²) in [5.41, 5.74) is 1.79. The van der Waals surface area contributed by atoms with E-state index in [9.17, 15) is 12.8 Å². The van der Waals surface area contributed by atoms with Crippen molar-refractivity contribution in [3.05, 3.63) is 65.0 Å². The fraction of sp³-hybridized carbons (Fsp3) is 0.455. The van der Waals surface area contributed by atoms with Gasteiger partial charge in [0.25, 0.3) is 10.1 Å². The van der Waals surface area contributed by atoms with Crippen molar-refractivity contribution in [3.63, 3.8) is 0 Å². The summed E-state index contributed by atoms with van der Waals surface area (Å²) in [5, 5.41) is 3.17. The van der Waals surface area contributed by atoms with E-state index in [4.69, 9.17) is 8.92 Å². The number of likely N-dealkylation sites (N-methyl/N-ethyl adjacent to an activating group) is 1. The number of ether oxygens (including phenoxy) is 1. The maximum absolute atomic E-state index is 13.4. The summed E-state index contributed by atoms with van der Waals surface area (Å²) in [7, 11) is -0.253. The van der Waals surface area contributed by atoms with E-state index < -0.39 is 15.7 Å². The lowest BCUT2D eigenvalue weighted by Crippen LogP contribution is -2.39. The Morgan fingerprint density at radius 2 is 1.93 bits per heavy atom. The van der Waals surface area contributed by atoms with E-state index in [-0.39, 0.29) is 11.7 Å². The van der Waals surface area contributed by atoms with Crippen LogP contribution < -0.4 is 10.1 Å². The summed E-state index contributed by atoms with van der Waals surface area (Å²) in [5.74, 6) is 0.391. The van der Waals surface area contributed by atoms with E-state index >= 15 is 0 Å². The van der Waals surface area contributed by atoms with Crippen LogP contribution >= 0.6 is 0 Å². The maximum atomic E-state index is 13.4. The van der Waals surface area contributed by atoms with Crippen LogP contribution in [0.2, 0.25) is 0 Å². The molecule has 2 unspecified atom stereocenters. The van der Waals surface area contributed by atoms with Gasteiger partial charge in [-0.15, -0.1) is 0 Å². The number of benzene rings is 2. The number of hydrogen-bond donors (Lipinski definition) is 1. The van der Waals surface area contributed by atoms with Gasteiger partial charge < -0.3 is 10.1 Å². The Hall–Kier alpha value is -1.96. The molecule has 0 fully saturated rings. The topological polar surface area (TPSA) is 64.6 Å². The van der Waals surface area contributed by atoms with Crippen molar-refractivity contribution in [2.75, 3.05) is 27.0 Å². The van der Waals surface area contributed by atoms with Crippen LogP contribution in [0.4, 0.5) is 4.39 Å². The third-order valence-electron chi connectivity index (χ3n) is 5.53. The van der Waals surface area contributed by atoms with Crippen LogP contribution in [0.3, 0.4) is 0 Å². The molecule has 0 spiro atoms. The molecule has 0 amide bonds. The highest BCUT2D eigenvalue weighted by atomic mass is 32.2. The second-order valence-electron chi connectivity index (χ2n) is 7.63. The summed E-state index contributed by atoms with van der Waals surface area (Å²) in [6.45, 7) is 0.611. The third-order valence-corrected chi connectivity index (χ3v) is 6.15. The monoisotopic (exact) mass is 421 g/mol. The van der Waals surface area contributed by atoms with Crippen LogP contribution in [-0.2, 0) is 26.3 Å². The lowest BCUT2D eigenvalue weighted by molar-refractivity contribution is 0.0383. The van der Waals surface area contributed by atoms with Gasteiger partial charge in [-0.2, -0.15) is 8.42 Å². The van der Waals surface area contributed by atoms with Crippen LogP contribution in [0.25, 0.3) is 0 Å². The van der Waals surface area contributed by atoms with Crippen molar-refractivity contribution >= 4 is 10.1 Å². The van der Waals surface area contributed by atoms with Crippen molar-refractivity contribution in [2.24, 2.45) is 0 Å². The molecular formula is C22H28FNO4S. The highest BCUT2D eigenvalue weighted by Crippen LogP contribution is 2.47. The highest BCUT2D eigenvalue weighted by Gasteiger charge is 2.43. The Labute approximate surface area is 172 Å². The lowest BCUT2D eigenvalue weighted by atomic mass is 9.73. The molecule has 2 aromatic rings. The first-order valence-electron chi connectivity index (χ1n) is 9.75. The summed E-state index contributed by atoms with van der Waals surface area (Å²) >= 11 is 0. The Bertz CT molecular complexity index is 946. The van der Waals surface area contributed by atoms with Gasteiger partial charge in [0.2, 0.25) is 0 Å². The van der Waals surface area contributed by atoms with Gasteiger partial charge >= 0.3 is 0 Å². The molecule has 7 heteroatoms. The first-order chi connectivity index (χ1) is 13.8. The fourth-order valence-electron chi connectivity index (χ4n) is 4.44. The quantitative estimate of drug-likeness (QED) is 0.658.